The van der Waals surface area contributed by atoms with Gasteiger partial charge in [0, 0.05) is 63.6 Å². The molecule has 0 bridgehead atoms. The molecule has 0 radical (unpaired) electrons. The zero-order valence-corrected chi connectivity index (χ0v) is 62.9. The number of β-lactam (4-membered cyclic amide) rings is 2. The Morgan fingerprint density at radius 3 is 1.35 bits per heavy atom. The number of aromatic hydroxyl groups is 3. The lowest BCUT2D eigenvalue weighted by atomic mass is 9.91. The average molecular weight is 1530 g/mol. The van der Waals surface area contributed by atoms with E-state index >= 15 is 0 Å². The highest BCUT2D eigenvalue weighted by molar-refractivity contribution is 8.01. The van der Waals surface area contributed by atoms with Gasteiger partial charge in [0.25, 0.3) is 41.4 Å². The third-order valence-corrected chi connectivity index (χ3v) is 22.9. The van der Waals surface area contributed by atoms with Gasteiger partial charge in [-0.3, -0.25) is 53.0 Å². The van der Waals surface area contributed by atoms with Gasteiger partial charge in [0.2, 0.25) is 11.8 Å². The molecule has 9 amide bonds. The van der Waals surface area contributed by atoms with Crippen LogP contribution in [0.3, 0.4) is 0 Å². The average Bonchev–Trinajstić information content (AvgIpc) is 1.58. The molecule has 5 aliphatic rings. The van der Waals surface area contributed by atoms with E-state index in [1.807, 2.05) is 101 Å². The number of phenols is 3. The van der Waals surface area contributed by atoms with E-state index < -0.39 is 111 Å². The number of phenolic OH excluding ortho intramolecular Hbond substituents is 3. The number of nitriles is 1. The van der Waals surface area contributed by atoms with E-state index in [-0.39, 0.29) is 102 Å². The molecule has 11 rings (SSSR count). The van der Waals surface area contributed by atoms with Crippen LogP contribution in [0.5, 0.6) is 17.2 Å². The lowest BCUT2D eigenvalue weighted by Crippen LogP contribution is -2.75. The molecule has 11 atom stereocenters. The van der Waals surface area contributed by atoms with Crippen LogP contribution in [0.25, 0.3) is 0 Å². The van der Waals surface area contributed by atoms with Crippen molar-refractivity contribution in [2.45, 2.75) is 138 Å². The number of alkyl halides is 1. The maximum atomic E-state index is 13.6. The number of rotatable bonds is 25. The molecule has 5 fully saturated rings. The number of halogens is 1. The number of thioether (sulfide) groups is 2. The van der Waals surface area contributed by atoms with Crippen LogP contribution < -0.4 is 26.6 Å². The number of benzene rings is 6. The number of amides is 9. The van der Waals surface area contributed by atoms with Gasteiger partial charge >= 0.3 is 0 Å². The van der Waals surface area contributed by atoms with Crippen molar-refractivity contribution in [2.24, 2.45) is 0 Å². The van der Waals surface area contributed by atoms with Crippen LogP contribution in [0, 0.1) is 32.1 Å². The van der Waals surface area contributed by atoms with E-state index in [1.165, 1.54) is 68.6 Å². The maximum Gasteiger partial charge on any atom is 0.256 e. The second kappa shape index (κ2) is 35.3. The monoisotopic (exact) mass is 1520 g/mol. The molecule has 5 heterocycles. The number of likely N-dealkylation sites (tertiary alicyclic amines) is 2. The normalized spacial score (nSPS) is 21.1. The van der Waals surface area contributed by atoms with Gasteiger partial charge < -0.3 is 76.7 Å². The molecule has 2 unspecified atom stereocenters. The number of likely N-dealkylation sites (N-methyl/N-ethyl adjacent to an activating group) is 1. The fourth-order valence-electron chi connectivity index (χ4n) is 13.7. The van der Waals surface area contributed by atoms with Gasteiger partial charge in [0.15, 0.2) is 30.1 Å². The number of hydrogen-bond donors (Lipinski definition) is 11. The van der Waals surface area contributed by atoms with Crippen molar-refractivity contribution in [3.05, 3.63) is 196 Å². The first-order valence-corrected chi connectivity index (χ1v) is 37.2. The molecule has 107 heavy (non-hydrogen) atoms. The van der Waals surface area contributed by atoms with E-state index in [0.717, 1.165) is 21.6 Å². The molecule has 6 aromatic rings. The Hall–Kier alpha value is -9.77. The Balaban J connectivity index is 0.000000185. The number of hydrogen-bond acceptors (Lipinski definition) is 20. The molecular formula is C77H90ClN11O16S2. The number of carbonyl (C=O) groups excluding carboxylic acids is 9. The van der Waals surface area contributed by atoms with E-state index in [0.29, 0.717) is 29.8 Å². The third-order valence-electron chi connectivity index (χ3n) is 19.9. The predicted molar refractivity (Wildman–Crippen MR) is 401 cm³/mol. The highest BCUT2D eigenvalue weighted by Crippen LogP contribution is 2.50. The minimum Gasteiger partial charge on any atom is -0.508 e. The molecule has 568 valence electrons. The van der Waals surface area contributed by atoms with Gasteiger partial charge in [0.1, 0.15) is 47.5 Å². The number of aliphatic hydroxyl groups excluding tert-OH is 3. The second-order valence-electron chi connectivity index (χ2n) is 27.3. The summed E-state index contributed by atoms with van der Waals surface area (Å²) in [4.78, 5) is 124. The van der Waals surface area contributed by atoms with Gasteiger partial charge in [-0.1, -0.05) is 109 Å². The zero-order valence-electron chi connectivity index (χ0n) is 60.5. The van der Waals surface area contributed by atoms with Gasteiger partial charge in [-0.15, -0.1) is 35.1 Å². The molecule has 0 aliphatic carbocycles. The highest BCUT2D eigenvalue weighted by Gasteiger charge is 2.67. The number of ether oxygens (including phenoxy) is 1. The Morgan fingerprint density at radius 2 is 0.944 bits per heavy atom. The van der Waals surface area contributed by atoms with Crippen molar-refractivity contribution in [1.82, 2.24) is 51.1 Å². The fourth-order valence-corrected chi connectivity index (χ4v) is 16.3. The smallest absolute Gasteiger partial charge is 0.256 e. The molecule has 5 aliphatic heterocycles. The van der Waals surface area contributed by atoms with Gasteiger partial charge in [-0.05, 0) is 128 Å². The first-order valence-electron chi connectivity index (χ1n) is 34.7. The van der Waals surface area contributed by atoms with Crippen LogP contribution in [-0.2, 0) is 52.8 Å². The van der Waals surface area contributed by atoms with Crippen molar-refractivity contribution in [1.29, 1.82) is 5.26 Å². The van der Waals surface area contributed by atoms with Crippen LogP contribution in [0.1, 0.15) is 92.1 Å². The van der Waals surface area contributed by atoms with E-state index in [1.54, 1.807) is 81.1 Å². The van der Waals surface area contributed by atoms with Gasteiger partial charge in [-0.2, -0.15) is 5.26 Å². The van der Waals surface area contributed by atoms with Crippen molar-refractivity contribution in [3.8, 4) is 23.3 Å². The summed E-state index contributed by atoms with van der Waals surface area (Å²) in [5, 5.41) is 86.6. The van der Waals surface area contributed by atoms with Crippen LogP contribution in [0.4, 0.5) is 0 Å². The van der Waals surface area contributed by atoms with Crippen molar-refractivity contribution in [2.75, 3.05) is 57.6 Å². The zero-order chi connectivity index (χ0) is 77.8. The van der Waals surface area contributed by atoms with Crippen LogP contribution in [0.2, 0.25) is 0 Å². The first-order chi connectivity index (χ1) is 50.9. The maximum absolute atomic E-state index is 13.6. The lowest BCUT2D eigenvalue weighted by Gasteiger charge is -2.52. The number of nitrogens with one attached hydrogen (secondary N) is 5. The first kappa shape index (κ1) is 81.3. The summed E-state index contributed by atoms with van der Waals surface area (Å²) in [6.45, 7) is 13.2. The summed E-state index contributed by atoms with van der Waals surface area (Å²) >= 11 is 8.65. The summed E-state index contributed by atoms with van der Waals surface area (Å²) in [6, 6.07) is 37.8. The number of carbonyl (C=O) groups is 9. The summed E-state index contributed by atoms with van der Waals surface area (Å²) in [5.41, 5.74) is 3.15. The minimum absolute atomic E-state index is 0.0152. The molecule has 27 nitrogen and oxygen atoms in total. The quantitative estimate of drug-likeness (QED) is 0.0217. The highest BCUT2D eigenvalue weighted by atomic mass is 35.5. The summed E-state index contributed by atoms with van der Waals surface area (Å²) in [7, 11) is 1.82. The minimum atomic E-state index is -1.68. The topological polar surface area (TPSA) is 384 Å². The largest absolute Gasteiger partial charge is 0.508 e. The van der Waals surface area contributed by atoms with Crippen LogP contribution in [-0.4, -0.2) is 236 Å². The molecule has 11 N–H and O–H groups in total. The van der Waals surface area contributed by atoms with Crippen molar-refractivity contribution in [3.63, 3.8) is 0 Å². The van der Waals surface area contributed by atoms with E-state index in [4.69, 9.17) is 21.6 Å². The molecule has 5 saturated heterocycles. The number of fused-ring (bicyclic) bond motifs is 2. The van der Waals surface area contributed by atoms with Gasteiger partial charge in [0.05, 0.1) is 35.9 Å². The SMILES string of the molecule is CNCCN1C(=O)[C@H]2N(C(=O)[C@@H](O)[C@H](Cc3ccccc3)NC(=O)c3cccc(O)c3C)CSC21C.Cc1c(O)cccc1C(=O)N[C@@H](Cc1ccccc1)[C@H](O)C(=O)N1COC2(C)[C@H]1C(=O)N2CC#N.Cc1c(O)cccc1C(=O)N[C@@H](Cc1ccccc1)[C@H](O)C(=O)N1CSC(C)(C)[C@H]1C(=O)NCCCl. The summed E-state index contributed by atoms with van der Waals surface area (Å²) in [5.74, 6) is -3.87. The van der Waals surface area contributed by atoms with Crippen molar-refractivity contribution >= 4 is 88.3 Å². The molecule has 0 spiro atoms. The number of aliphatic hydroxyl groups is 3. The third kappa shape index (κ3) is 17.8. The predicted octanol–water partition coefficient (Wildman–Crippen LogP) is 4.19. The van der Waals surface area contributed by atoms with E-state index in [2.05, 4.69) is 26.6 Å². The molecule has 6 aromatic carbocycles. The Kier molecular flexibility index (Phi) is 26.8. The number of nitrogens with zero attached hydrogens (tertiary/aromatic N) is 6. The second-order valence-corrected chi connectivity index (χ2v) is 30.7. The Labute approximate surface area is 633 Å². The molecular weight excluding hydrogens is 1430 g/mol. The Bertz CT molecular complexity index is 4300. The van der Waals surface area contributed by atoms with Crippen LogP contribution >= 0.6 is 35.1 Å². The van der Waals surface area contributed by atoms with Crippen LogP contribution in [0.15, 0.2) is 146 Å². The summed E-state index contributed by atoms with van der Waals surface area (Å²) < 4.78 is 5.09. The molecule has 30 heteroatoms. The standard InChI is InChI=1S/C26H32ClN3O5S.C26H32N4O5S.C25H26N4O6/c1-16-18(10-7-11-20(16)31)23(33)29-19(14-17-8-5-4-6-9-17)21(32)25(35)30-15-36-26(2,3)22(30)24(34)28-13-12-27;1-16-18(10-7-11-20(16)31)23(33)28-19(14-17-8-5-4-6-9-17)21(32)24(34)29-15-36-26(2)22(29)25(35)30(26)13-12-27-3;1-15-17(9-6-10-19(15)30)22(32)27-18(13-16-7-4-3-5-8-16)20(31)23(33)28-14-35-25(2)21(28)24(34)29(25)12-11-26/h4-11,19,21-22,31-32H,12-15H2,1-3H3,(H,28,34)(H,29,33);4-11,19,21-22,27,31-32H,12-15H2,1-3H3,(H,28,33);3-10,18,20-21,30-31H,12-14H2,1-2H3,(H,27,32)/t19-,21-,22+;19-,21-,22+,26?;18-,20-,21+,25?/m000/s1. The molecule has 0 saturated carbocycles. The summed E-state index contributed by atoms with van der Waals surface area (Å²) in [6.07, 6.45) is -4.31. The Morgan fingerprint density at radius 1 is 0.551 bits per heavy atom. The molecule has 0 aromatic heterocycles. The van der Waals surface area contributed by atoms with Gasteiger partial charge in [-0.25, -0.2) is 0 Å². The van der Waals surface area contributed by atoms with E-state index in [9.17, 15) is 73.8 Å². The van der Waals surface area contributed by atoms with Crippen molar-refractivity contribution < 1.29 is 78.5 Å². The lowest BCUT2D eigenvalue weighted by molar-refractivity contribution is -0.196. The fraction of sp³-hybridized carbons (Fsp3) is 0.403.